The second kappa shape index (κ2) is 5.31. The number of thiophene rings is 1. The maximum absolute atomic E-state index is 12.9. The van der Waals surface area contributed by atoms with Crippen LogP contribution in [-0.2, 0) is 9.92 Å². The highest BCUT2D eigenvalue weighted by Crippen LogP contribution is 2.39. The van der Waals surface area contributed by atoms with Crippen molar-refractivity contribution in [2.75, 3.05) is 0 Å². The van der Waals surface area contributed by atoms with Crippen LogP contribution in [0, 0.1) is 0 Å². The third-order valence-electron chi connectivity index (χ3n) is 3.75. The Labute approximate surface area is 123 Å². The molecule has 0 saturated heterocycles. The van der Waals surface area contributed by atoms with Crippen LogP contribution in [0.25, 0.3) is 0 Å². The lowest BCUT2D eigenvalue weighted by Gasteiger charge is -2.32. The Kier molecular flexibility index (Phi) is 4.72. The molecular formula is C13H26N2OS2Si. The summed E-state index contributed by atoms with van der Waals surface area (Å²) in [5, 5.41) is 8.11. The maximum Gasteiger partial charge on any atom is 0.195 e. The fourth-order valence-electron chi connectivity index (χ4n) is 1.49. The second-order valence-electron chi connectivity index (χ2n) is 6.79. The lowest BCUT2D eigenvalue weighted by Crippen LogP contribution is -2.37. The van der Waals surface area contributed by atoms with Gasteiger partial charge in [-0.3, -0.25) is 4.03 Å². The molecule has 0 aromatic carbocycles. The predicted octanol–water partition coefficient (Wildman–Crippen LogP) is 4.58. The van der Waals surface area contributed by atoms with E-state index in [-0.39, 0.29) is 5.04 Å². The van der Waals surface area contributed by atoms with Crippen LogP contribution in [0.3, 0.4) is 0 Å². The first kappa shape index (κ1) is 16.9. The Morgan fingerprint density at radius 3 is 2.32 bits per heavy atom. The monoisotopic (exact) mass is 318 g/mol. The van der Waals surface area contributed by atoms with Crippen molar-refractivity contribution in [2.45, 2.75) is 62.9 Å². The van der Waals surface area contributed by atoms with E-state index < -0.39 is 18.2 Å². The predicted molar refractivity (Wildman–Crippen MR) is 88.6 cm³/mol. The Morgan fingerprint density at radius 2 is 1.89 bits per heavy atom. The molecule has 1 atom stereocenters. The van der Waals surface area contributed by atoms with E-state index in [0.717, 1.165) is 9.77 Å². The van der Waals surface area contributed by atoms with Gasteiger partial charge in [-0.15, -0.1) is 11.3 Å². The first-order valence-corrected chi connectivity index (χ1v) is 11.9. The number of rotatable bonds is 3. The minimum atomic E-state index is -2.78. The number of hydrogen-bond donors (Lipinski definition) is 1. The van der Waals surface area contributed by atoms with Crippen molar-refractivity contribution in [1.29, 1.82) is 0 Å². The van der Waals surface area contributed by atoms with Gasteiger partial charge >= 0.3 is 0 Å². The SMILES string of the molecule is CC(C)c1ccsc1S(N)(=O)=N[Si](C)(C)C(C)(C)C. The van der Waals surface area contributed by atoms with Crippen molar-refractivity contribution in [3.8, 4) is 0 Å². The van der Waals surface area contributed by atoms with Crippen molar-refractivity contribution in [3.05, 3.63) is 17.0 Å². The molecule has 0 bridgehead atoms. The van der Waals surface area contributed by atoms with Gasteiger partial charge < -0.3 is 0 Å². The van der Waals surface area contributed by atoms with Crippen LogP contribution in [0.4, 0.5) is 0 Å². The first-order chi connectivity index (χ1) is 8.38. The summed E-state index contributed by atoms with van der Waals surface area (Å²) < 4.78 is 18.3. The summed E-state index contributed by atoms with van der Waals surface area (Å²) in [5.74, 6) is 0.320. The first-order valence-electron chi connectivity index (χ1n) is 6.52. The van der Waals surface area contributed by atoms with Crippen LogP contribution in [0.15, 0.2) is 19.7 Å². The van der Waals surface area contributed by atoms with Gasteiger partial charge in [-0.1, -0.05) is 34.6 Å². The van der Waals surface area contributed by atoms with Gasteiger partial charge in [0.2, 0.25) is 0 Å². The van der Waals surface area contributed by atoms with Crippen molar-refractivity contribution in [1.82, 2.24) is 0 Å². The molecule has 1 heterocycles. The minimum Gasteiger partial charge on any atom is -0.261 e. The second-order valence-corrected chi connectivity index (χ2v) is 14.9. The van der Waals surface area contributed by atoms with E-state index in [1.165, 1.54) is 11.3 Å². The molecule has 0 amide bonds. The van der Waals surface area contributed by atoms with E-state index in [1.54, 1.807) is 0 Å². The van der Waals surface area contributed by atoms with Crippen LogP contribution in [-0.4, -0.2) is 12.4 Å². The smallest absolute Gasteiger partial charge is 0.195 e. The summed E-state index contributed by atoms with van der Waals surface area (Å²) in [5.41, 5.74) is 1.07. The molecular weight excluding hydrogens is 292 g/mol. The van der Waals surface area contributed by atoms with Gasteiger partial charge in [0.05, 0.1) is 0 Å². The highest BCUT2D eigenvalue weighted by molar-refractivity contribution is 7.94. The van der Waals surface area contributed by atoms with Crippen LogP contribution < -0.4 is 5.14 Å². The molecule has 0 radical (unpaired) electrons. The van der Waals surface area contributed by atoms with Crippen molar-refractivity contribution >= 4 is 29.5 Å². The van der Waals surface area contributed by atoms with Gasteiger partial charge in [-0.2, -0.15) is 0 Å². The van der Waals surface area contributed by atoms with E-state index in [2.05, 4.69) is 51.7 Å². The Balaban J connectivity index is 3.40. The highest BCUT2D eigenvalue weighted by atomic mass is 32.2. The number of nitrogens with two attached hydrogens (primary N) is 1. The van der Waals surface area contributed by atoms with E-state index >= 15 is 0 Å². The molecule has 0 spiro atoms. The van der Waals surface area contributed by atoms with Crippen LogP contribution in [0.5, 0.6) is 0 Å². The van der Waals surface area contributed by atoms with Crippen molar-refractivity contribution in [3.63, 3.8) is 0 Å². The Morgan fingerprint density at radius 1 is 1.37 bits per heavy atom. The summed E-state index contributed by atoms with van der Waals surface area (Å²) in [6.45, 7) is 14.9. The average molecular weight is 319 g/mol. The van der Waals surface area contributed by atoms with Crippen LogP contribution in [0.1, 0.15) is 46.1 Å². The molecule has 3 nitrogen and oxygen atoms in total. The topological polar surface area (TPSA) is 55.5 Å². The summed E-state index contributed by atoms with van der Waals surface area (Å²) in [4.78, 5) is 0. The molecule has 0 aliphatic heterocycles. The zero-order chi connectivity index (χ0) is 15.1. The quantitative estimate of drug-likeness (QED) is 0.815. The third-order valence-corrected chi connectivity index (χ3v) is 12.8. The molecule has 1 rings (SSSR count). The maximum atomic E-state index is 12.9. The summed E-state index contributed by atoms with van der Waals surface area (Å²) >= 11 is 1.46. The summed E-state index contributed by atoms with van der Waals surface area (Å²) in [7, 11) is -4.80. The van der Waals surface area contributed by atoms with Gasteiger partial charge in [0, 0.05) is 0 Å². The summed E-state index contributed by atoms with van der Waals surface area (Å²) in [6, 6.07) is 2.01. The van der Waals surface area contributed by atoms with Gasteiger partial charge in [-0.05, 0) is 41.1 Å². The molecule has 0 saturated carbocycles. The molecule has 0 fully saturated rings. The molecule has 0 aliphatic rings. The number of hydrogen-bond acceptors (Lipinski definition) is 3. The largest absolute Gasteiger partial charge is 0.261 e. The molecule has 1 aromatic heterocycles. The van der Waals surface area contributed by atoms with Gasteiger partial charge in [0.1, 0.15) is 14.1 Å². The zero-order valence-electron chi connectivity index (χ0n) is 13.0. The van der Waals surface area contributed by atoms with Crippen LogP contribution in [0.2, 0.25) is 18.1 Å². The lowest BCUT2D eigenvalue weighted by molar-refractivity contribution is 0.675. The number of nitrogens with zero attached hydrogens (tertiary/aromatic N) is 1. The van der Waals surface area contributed by atoms with Crippen molar-refractivity contribution < 1.29 is 4.21 Å². The minimum absolute atomic E-state index is 0.0459. The normalized spacial score (nSPS) is 16.5. The Hall–Kier alpha value is -0.173. The molecule has 2 N–H and O–H groups in total. The fraction of sp³-hybridized carbons (Fsp3) is 0.692. The molecule has 1 unspecified atom stereocenters. The summed E-state index contributed by atoms with van der Waals surface area (Å²) in [6.07, 6.45) is 0. The lowest BCUT2D eigenvalue weighted by atomic mass is 10.1. The van der Waals surface area contributed by atoms with E-state index in [1.807, 2.05) is 11.4 Å². The Bertz CT molecular complexity index is 561. The standard InChI is InChI=1S/C13H26N2OS2Si/c1-10(2)11-8-9-17-12(11)18(14,16)15-19(6,7)13(3,4)5/h8-10H,1-7H3,(H2,14,15,16). The molecule has 0 aliphatic carbocycles. The molecule has 1 aromatic rings. The molecule has 19 heavy (non-hydrogen) atoms. The molecule has 6 heteroatoms. The van der Waals surface area contributed by atoms with Crippen molar-refractivity contribution in [2.24, 2.45) is 9.17 Å². The van der Waals surface area contributed by atoms with Gasteiger partial charge in [-0.25, -0.2) is 9.35 Å². The third kappa shape index (κ3) is 3.68. The molecule has 110 valence electrons. The fourth-order valence-corrected chi connectivity index (χ4v) is 8.10. The van der Waals surface area contributed by atoms with Gasteiger partial charge in [0.15, 0.2) is 8.24 Å². The van der Waals surface area contributed by atoms with Crippen LogP contribution >= 0.6 is 11.3 Å². The highest BCUT2D eigenvalue weighted by Gasteiger charge is 2.37. The van der Waals surface area contributed by atoms with Gasteiger partial charge in [0.25, 0.3) is 0 Å². The van der Waals surface area contributed by atoms with E-state index in [4.69, 9.17) is 5.14 Å². The zero-order valence-corrected chi connectivity index (χ0v) is 15.6. The van der Waals surface area contributed by atoms with E-state index in [9.17, 15) is 4.21 Å². The van der Waals surface area contributed by atoms with E-state index in [0.29, 0.717) is 5.92 Å². The average Bonchev–Trinajstić information content (AvgIpc) is 2.62.